The average Bonchev–Trinajstić information content (AvgIpc) is 3.74. The van der Waals surface area contributed by atoms with Gasteiger partial charge in [-0.25, -0.2) is 17.1 Å². The SMILES string of the molecule is COc1ccc2cc(C(=O)N[C@@H](CCC[C@H]3C[C@@H]3c3ccc(F)cc3)C(=O)N3CCN(S(C)(=O)=O)C(=O)C3)ccc2c1. The molecule has 1 aliphatic heterocycles. The number of ether oxygens (including phenoxy) is 1. The first-order valence-electron chi connectivity index (χ1n) is 14.0. The van der Waals surface area contributed by atoms with Crippen molar-refractivity contribution in [2.75, 3.05) is 33.0 Å². The van der Waals surface area contributed by atoms with Gasteiger partial charge in [0.15, 0.2) is 0 Å². The molecule has 0 spiro atoms. The Labute approximate surface area is 244 Å². The Morgan fingerprint density at radius 3 is 2.45 bits per heavy atom. The maximum atomic E-state index is 13.6. The molecule has 0 bridgehead atoms. The Morgan fingerprint density at radius 2 is 1.76 bits per heavy atom. The highest BCUT2D eigenvalue weighted by atomic mass is 32.2. The molecule has 9 nitrogen and oxygen atoms in total. The highest BCUT2D eigenvalue weighted by Crippen LogP contribution is 2.50. The van der Waals surface area contributed by atoms with E-state index in [-0.39, 0.29) is 25.5 Å². The van der Waals surface area contributed by atoms with Crippen LogP contribution in [0.1, 0.15) is 47.5 Å². The van der Waals surface area contributed by atoms with E-state index in [0.717, 1.165) is 39.7 Å². The predicted octanol–water partition coefficient (Wildman–Crippen LogP) is 3.69. The fourth-order valence-electron chi connectivity index (χ4n) is 5.68. The van der Waals surface area contributed by atoms with E-state index in [2.05, 4.69) is 5.32 Å². The molecule has 3 amide bonds. The number of sulfonamides is 1. The van der Waals surface area contributed by atoms with Gasteiger partial charge in [0.2, 0.25) is 15.9 Å². The molecule has 222 valence electrons. The molecule has 1 heterocycles. The second-order valence-electron chi connectivity index (χ2n) is 11.0. The molecular formula is C31H34FN3O6S. The molecular weight excluding hydrogens is 561 g/mol. The monoisotopic (exact) mass is 595 g/mol. The first-order valence-corrected chi connectivity index (χ1v) is 15.8. The van der Waals surface area contributed by atoms with Crippen LogP contribution < -0.4 is 10.1 Å². The summed E-state index contributed by atoms with van der Waals surface area (Å²) in [5.74, 6) is -0.300. The molecule has 2 aliphatic rings. The zero-order valence-corrected chi connectivity index (χ0v) is 24.4. The number of nitrogens with zero attached hydrogens (tertiary/aromatic N) is 2. The molecule has 1 aliphatic carbocycles. The second-order valence-corrected chi connectivity index (χ2v) is 12.9. The number of halogens is 1. The lowest BCUT2D eigenvalue weighted by Gasteiger charge is -2.35. The third kappa shape index (κ3) is 6.73. The first-order chi connectivity index (χ1) is 20.0. The summed E-state index contributed by atoms with van der Waals surface area (Å²) >= 11 is 0. The molecule has 1 saturated heterocycles. The molecule has 2 fully saturated rings. The van der Waals surface area contributed by atoms with E-state index >= 15 is 0 Å². The number of hydrogen-bond acceptors (Lipinski definition) is 6. The molecule has 0 radical (unpaired) electrons. The van der Waals surface area contributed by atoms with Crippen molar-refractivity contribution < 1.29 is 31.9 Å². The number of hydrogen-bond donors (Lipinski definition) is 1. The maximum Gasteiger partial charge on any atom is 0.255 e. The Kier molecular flexibility index (Phi) is 8.49. The van der Waals surface area contributed by atoms with Crippen molar-refractivity contribution in [3.8, 4) is 5.75 Å². The van der Waals surface area contributed by atoms with E-state index in [1.165, 1.54) is 17.0 Å². The number of benzene rings is 3. The molecule has 0 unspecified atom stereocenters. The zero-order valence-electron chi connectivity index (χ0n) is 23.6. The zero-order chi connectivity index (χ0) is 30.0. The number of carbonyl (C=O) groups excluding carboxylic acids is 3. The quantitative estimate of drug-likeness (QED) is 0.383. The summed E-state index contributed by atoms with van der Waals surface area (Å²) in [7, 11) is -2.14. The van der Waals surface area contributed by atoms with E-state index in [0.29, 0.717) is 36.0 Å². The van der Waals surface area contributed by atoms with Crippen LogP contribution in [0.25, 0.3) is 10.8 Å². The van der Waals surface area contributed by atoms with Gasteiger partial charge in [0, 0.05) is 12.1 Å². The number of rotatable bonds is 10. The minimum atomic E-state index is -3.72. The molecule has 0 aromatic heterocycles. The van der Waals surface area contributed by atoms with Crippen LogP contribution in [0.4, 0.5) is 4.39 Å². The number of nitrogens with one attached hydrogen (secondary N) is 1. The van der Waals surface area contributed by atoms with Crippen LogP contribution in [-0.4, -0.2) is 74.4 Å². The fourth-order valence-corrected chi connectivity index (χ4v) is 6.52. The van der Waals surface area contributed by atoms with Crippen molar-refractivity contribution in [1.29, 1.82) is 0 Å². The van der Waals surface area contributed by atoms with Crippen LogP contribution >= 0.6 is 0 Å². The topological polar surface area (TPSA) is 113 Å². The van der Waals surface area contributed by atoms with Gasteiger partial charge in [0.25, 0.3) is 11.8 Å². The van der Waals surface area contributed by atoms with Gasteiger partial charge in [-0.15, -0.1) is 0 Å². The highest BCUT2D eigenvalue weighted by Gasteiger charge is 2.39. The molecule has 1 saturated carbocycles. The van der Waals surface area contributed by atoms with Crippen LogP contribution in [0.3, 0.4) is 0 Å². The smallest absolute Gasteiger partial charge is 0.255 e. The summed E-state index contributed by atoms with van der Waals surface area (Å²) in [6, 6.07) is 16.4. The van der Waals surface area contributed by atoms with Crippen LogP contribution in [0.15, 0.2) is 60.7 Å². The van der Waals surface area contributed by atoms with Crippen molar-refractivity contribution in [2.45, 2.75) is 37.6 Å². The molecule has 11 heteroatoms. The van der Waals surface area contributed by atoms with Gasteiger partial charge < -0.3 is 15.0 Å². The molecule has 3 aromatic carbocycles. The summed E-state index contributed by atoms with van der Waals surface area (Å²) in [6.07, 6.45) is 3.80. The average molecular weight is 596 g/mol. The Morgan fingerprint density at radius 1 is 1.05 bits per heavy atom. The van der Waals surface area contributed by atoms with Crippen LogP contribution in [0.5, 0.6) is 5.75 Å². The summed E-state index contributed by atoms with van der Waals surface area (Å²) in [5.41, 5.74) is 1.49. The number of amides is 3. The molecule has 3 atom stereocenters. The minimum absolute atomic E-state index is 0.0527. The van der Waals surface area contributed by atoms with Gasteiger partial charge in [-0.1, -0.05) is 30.7 Å². The molecule has 42 heavy (non-hydrogen) atoms. The number of carbonyl (C=O) groups is 3. The second kappa shape index (κ2) is 12.1. The highest BCUT2D eigenvalue weighted by molar-refractivity contribution is 7.88. The fraction of sp³-hybridized carbons (Fsp3) is 0.387. The van der Waals surface area contributed by atoms with Crippen molar-refractivity contribution >= 4 is 38.5 Å². The Balaban J connectivity index is 1.27. The van der Waals surface area contributed by atoms with Gasteiger partial charge in [-0.3, -0.25) is 14.4 Å². The van der Waals surface area contributed by atoms with Crippen molar-refractivity contribution in [2.24, 2.45) is 5.92 Å². The predicted molar refractivity (Wildman–Crippen MR) is 156 cm³/mol. The lowest BCUT2D eigenvalue weighted by molar-refractivity contribution is -0.143. The summed E-state index contributed by atoms with van der Waals surface area (Å²) in [5, 5.41) is 4.62. The number of piperazine rings is 1. The van der Waals surface area contributed by atoms with E-state index in [9.17, 15) is 27.2 Å². The lowest BCUT2D eigenvalue weighted by Crippen LogP contribution is -2.57. The summed E-state index contributed by atoms with van der Waals surface area (Å²) in [6.45, 7) is -0.442. The number of methoxy groups -OCH3 is 1. The van der Waals surface area contributed by atoms with E-state index in [1.54, 1.807) is 37.4 Å². The standard InChI is InChI=1S/C31H34FN3O6S/c1-41-26-13-10-21-16-24(7-6-22(21)17-26)30(37)33-28(31(38)34-14-15-35(29(36)19-34)42(2,39)40)5-3-4-23-18-27(23)20-8-11-25(32)12-9-20/h6-13,16-17,23,27-28H,3-5,14-15,18-19H2,1-2H3,(H,33,37)/t23-,27+,28-/m0/s1. The first kappa shape index (κ1) is 29.5. The third-order valence-electron chi connectivity index (χ3n) is 8.09. The minimum Gasteiger partial charge on any atom is -0.497 e. The normalized spacial score (nSPS) is 19.5. The Hall–Kier alpha value is -3.99. The Bertz CT molecular complexity index is 1610. The maximum absolute atomic E-state index is 13.6. The van der Waals surface area contributed by atoms with Crippen LogP contribution in [-0.2, 0) is 19.6 Å². The number of fused-ring (bicyclic) bond motifs is 1. The van der Waals surface area contributed by atoms with Gasteiger partial charge in [-0.2, -0.15) is 0 Å². The largest absolute Gasteiger partial charge is 0.497 e. The van der Waals surface area contributed by atoms with E-state index in [1.807, 2.05) is 18.2 Å². The molecule has 1 N–H and O–H groups in total. The van der Waals surface area contributed by atoms with Crippen molar-refractivity contribution in [1.82, 2.24) is 14.5 Å². The van der Waals surface area contributed by atoms with E-state index in [4.69, 9.17) is 4.74 Å². The summed E-state index contributed by atoms with van der Waals surface area (Å²) < 4.78 is 43.2. The molecule has 5 rings (SSSR count). The van der Waals surface area contributed by atoms with Crippen molar-refractivity contribution in [3.05, 3.63) is 77.6 Å². The van der Waals surface area contributed by atoms with E-state index < -0.39 is 33.8 Å². The van der Waals surface area contributed by atoms with Crippen molar-refractivity contribution in [3.63, 3.8) is 0 Å². The lowest BCUT2D eigenvalue weighted by atomic mass is 10.0. The van der Waals surface area contributed by atoms with Gasteiger partial charge in [0.05, 0.1) is 19.9 Å². The third-order valence-corrected chi connectivity index (χ3v) is 9.28. The van der Waals surface area contributed by atoms with Gasteiger partial charge in [-0.05, 0) is 83.8 Å². The molecule has 3 aromatic rings. The van der Waals surface area contributed by atoms with Gasteiger partial charge >= 0.3 is 0 Å². The van der Waals surface area contributed by atoms with Crippen LogP contribution in [0, 0.1) is 11.7 Å². The van der Waals surface area contributed by atoms with Gasteiger partial charge in [0.1, 0.15) is 24.2 Å². The van der Waals surface area contributed by atoms with Crippen LogP contribution in [0.2, 0.25) is 0 Å². The summed E-state index contributed by atoms with van der Waals surface area (Å²) in [4.78, 5) is 40.8.